The van der Waals surface area contributed by atoms with Gasteiger partial charge < -0.3 is 4.74 Å². The number of nitrogens with zero attached hydrogens (tertiary/aromatic N) is 1. The van der Waals surface area contributed by atoms with E-state index < -0.39 is 5.54 Å². The topological polar surface area (TPSA) is 46.6 Å². The summed E-state index contributed by atoms with van der Waals surface area (Å²) in [4.78, 5) is 26.0. The summed E-state index contributed by atoms with van der Waals surface area (Å²) in [7, 11) is 0. The van der Waals surface area contributed by atoms with Crippen molar-refractivity contribution in [3.63, 3.8) is 0 Å². The van der Waals surface area contributed by atoms with Gasteiger partial charge in [-0.25, -0.2) is 4.79 Å². The predicted octanol–water partition coefficient (Wildman–Crippen LogP) is 3.07. The molecule has 0 fully saturated rings. The van der Waals surface area contributed by atoms with Gasteiger partial charge in [-0.3, -0.25) is 9.69 Å². The van der Waals surface area contributed by atoms with Crippen LogP contribution in [0.1, 0.15) is 32.8 Å². The first-order chi connectivity index (χ1) is 9.37. The van der Waals surface area contributed by atoms with Gasteiger partial charge in [0.05, 0.1) is 6.61 Å². The Kier molecular flexibility index (Phi) is 4.18. The zero-order chi connectivity index (χ0) is 14.9. The third-order valence-electron chi connectivity index (χ3n) is 3.47. The molecular formula is C15H18BrNO3. The third kappa shape index (κ3) is 2.59. The van der Waals surface area contributed by atoms with Crippen LogP contribution in [0.15, 0.2) is 22.7 Å². The van der Waals surface area contributed by atoms with Crippen LogP contribution in [0.5, 0.6) is 0 Å². The molecule has 1 aliphatic rings. The maximum atomic E-state index is 12.3. The van der Waals surface area contributed by atoms with Gasteiger partial charge in [-0.05, 0) is 51.0 Å². The molecule has 1 aromatic carbocycles. The quantitative estimate of drug-likeness (QED) is 0.795. The molecule has 1 amide bonds. The molecule has 1 aliphatic heterocycles. The summed E-state index contributed by atoms with van der Waals surface area (Å²) >= 11 is 3.43. The lowest BCUT2D eigenvalue weighted by atomic mass is 9.94. The van der Waals surface area contributed by atoms with E-state index in [2.05, 4.69) is 15.9 Å². The molecule has 0 radical (unpaired) electrons. The number of hydrogen-bond acceptors (Lipinski definition) is 3. The van der Waals surface area contributed by atoms with Gasteiger partial charge in [-0.2, -0.15) is 0 Å². The number of esters is 1. The molecule has 0 unspecified atom stereocenters. The van der Waals surface area contributed by atoms with Gasteiger partial charge in [-0.15, -0.1) is 0 Å². The highest BCUT2D eigenvalue weighted by molar-refractivity contribution is 9.10. The first-order valence-corrected chi connectivity index (χ1v) is 7.46. The molecule has 1 aromatic rings. The standard InChI is InChI=1S/C15H18BrNO3/c1-4-20-14(19)15(2,3)17-12-7-6-11(16)9-10(12)5-8-13(17)18/h6-7,9H,4-5,8H2,1-3H3. The molecule has 0 saturated carbocycles. The first kappa shape index (κ1) is 15.0. The van der Waals surface area contributed by atoms with Gasteiger partial charge in [0, 0.05) is 16.6 Å². The highest BCUT2D eigenvalue weighted by atomic mass is 79.9. The van der Waals surface area contributed by atoms with E-state index in [9.17, 15) is 9.59 Å². The number of amides is 1. The minimum Gasteiger partial charge on any atom is -0.464 e. The summed E-state index contributed by atoms with van der Waals surface area (Å²) < 4.78 is 6.08. The molecule has 20 heavy (non-hydrogen) atoms. The number of carbonyl (C=O) groups excluding carboxylic acids is 2. The Morgan fingerprint density at radius 3 is 2.75 bits per heavy atom. The first-order valence-electron chi connectivity index (χ1n) is 6.66. The number of anilines is 1. The maximum Gasteiger partial charge on any atom is 0.331 e. The number of aryl methyl sites for hydroxylation is 1. The highest BCUT2D eigenvalue weighted by Gasteiger charge is 2.42. The van der Waals surface area contributed by atoms with E-state index in [4.69, 9.17) is 4.74 Å². The van der Waals surface area contributed by atoms with Crippen molar-refractivity contribution in [2.45, 2.75) is 39.2 Å². The fourth-order valence-electron chi connectivity index (χ4n) is 2.47. The Labute approximate surface area is 127 Å². The molecule has 0 aliphatic carbocycles. The summed E-state index contributed by atoms with van der Waals surface area (Å²) in [6.45, 7) is 5.51. The van der Waals surface area contributed by atoms with Crippen LogP contribution >= 0.6 is 15.9 Å². The van der Waals surface area contributed by atoms with Crippen molar-refractivity contribution in [2.24, 2.45) is 0 Å². The van der Waals surface area contributed by atoms with Gasteiger partial charge in [0.15, 0.2) is 0 Å². The summed E-state index contributed by atoms with van der Waals surface area (Å²) in [5.74, 6) is -0.429. The van der Waals surface area contributed by atoms with Crippen molar-refractivity contribution in [3.05, 3.63) is 28.2 Å². The van der Waals surface area contributed by atoms with Crippen LogP contribution in [0, 0.1) is 0 Å². The molecule has 2 rings (SSSR count). The van der Waals surface area contributed by atoms with Crippen LogP contribution in [0.25, 0.3) is 0 Å². The fraction of sp³-hybridized carbons (Fsp3) is 0.467. The number of ether oxygens (including phenoxy) is 1. The van der Waals surface area contributed by atoms with Crippen molar-refractivity contribution < 1.29 is 14.3 Å². The van der Waals surface area contributed by atoms with E-state index >= 15 is 0 Å². The summed E-state index contributed by atoms with van der Waals surface area (Å²) in [6.07, 6.45) is 1.11. The van der Waals surface area contributed by atoms with Crippen LogP contribution < -0.4 is 4.90 Å². The van der Waals surface area contributed by atoms with Crippen molar-refractivity contribution in [2.75, 3.05) is 11.5 Å². The second kappa shape index (κ2) is 5.56. The number of hydrogen-bond donors (Lipinski definition) is 0. The minimum atomic E-state index is -1.00. The number of carbonyl (C=O) groups is 2. The smallest absolute Gasteiger partial charge is 0.331 e. The number of benzene rings is 1. The average Bonchev–Trinajstić information content (AvgIpc) is 2.38. The Balaban J connectivity index is 2.46. The third-order valence-corrected chi connectivity index (χ3v) is 3.97. The van der Waals surface area contributed by atoms with Gasteiger partial charge in [-0.1, -0.05) is 15.9 Å². The molecule has 4 nitrogen and oxygen atoms in total. The predicted molar refractivity (Wildman–Crippen MR) is 80.7 cm³/mol. The summed E-state index contributed by atoms with van der Waals surface area (Å²) in [6, 6.07) is 5.75. The molecular weight excluding hydrogens is 322 g/mol. The number of halogens is 1. The zero-order valence-electron chi connectivity index (χ0n) is 11.9. The largest absolute Gasteiger partial charge is 0.464 e. The lowest BCUT2D eigenvalue weighted by Crippen LogP contribution is -2.55. The monoisotopic (exact) mass is 339 g/mol. The van der Waals surface area contributed by atoms with Gasteiger partial charge >= 0.3 is 5.97 Å². The lowest BCUT2D eigenvalue weighted by Gasteiger charge is -2.40. The molecule has 5 heteroatoms. The summed E-state index contributed by atoms with van der Waals surface area (Å²) in [5, 5.41) is 0. The van der Waals surface area contributed by atoms with Crippen molar-refractivity contribution in [3.8, 4) is 0 Å². The van der Waals surface area contributed by atoms with Crippen molar-refractivity contribution in [1.82, 2.24) is 0 Å². The number of fused-ring (bicyclic) bond motifs is 1. The second-order valence-electron chi connectivity index (χ2n) is 5.28. The highest BCUT2D eigenvalue weighted by Crippen LogP contribution is 2.35. The molecule has 0 N–H and O–H groups in total. The molecule has 0 bridgehead atoms. The van der Waals surface area contributed by atoms with Crippen LogP contribution in [0.2, 0.25) is 0 Å². The van der Waals surface area contributed by atoms with Crippen molar-refractivity contribution in [1.29, 1.82) is 0 Å². The van der Waals surface area contributed by atoms with E-state index in [1.165, 1.54) is 0 Å². The Morgan fingerprint density at radius 2 is 2.10 bits per heavy atom. The molecule has 1 heterocycles. The minimum absolute atomic E-state index is 0.0436. The number of rotatable bonds is 3. The Bertz CT molecular complexity index is 554. The van der Waals surface area contributed by atoms with Crippen LogP contribution in [-0.2, 0) is 20.7 Å². The Hall–Kier alpha value is -1.36. The molecule has 0 saturated heterocycles. The van der Waals surface area contributed by atoms with E-state index in [-0.39, 0.29) is 11.9 Å². The van der Waals surface area contributed by atoms with Gasteiger partial charge in [0.2, 0.25) is 5.91 Å². The second-order valence-corrected chi connectivity index (χ2v) is 6.20. The lowest BCUT2D eigenvalue weighted by molar-refractivity contribution is -0.149. The maximum absolute atomic E-state index is 12.3. The summed E-state index contributed by atoms with van der Waals surface area (Å²) in [5.41, 5.74) is 0.856. The SMILES string of the molecule is CCOC(=O)C(C)(C)N1C(=O)CCc2cc(Br)ccc21. The molecule has 0 atom stereocenters. The van der Waals surface area contributed by atoms with Gasteiger partial charge in [0.1, 0.15) is 5.54 Å². The van der Waals surface area contributed by atoms with Crippen LogP contribution in [0.3, 0.4) is 0 Å². The molecule has 0 aromatic heterocycles. The normalized spacial score (nSPS) is 15.0. The fourth-order valence-corrected chi connectivity index (χ4v) is 2.88. The zero-order valence-corrected chi connectivity index (χ0v) is 13.5. The average molecular weight is 340 g/mol. The van der Waals surface area contributed by atoms with Crippen LogP contribution in [0.4, 0.5) is 5.69 Å². The van der Waals surface area contributed by atoms with E-state index in [1.807, 2.05) is 18.2 Å². The van der Waals surface area contributed by atoms with Crippen molar-refractivity contribution >= 4 is 33.5 Å². The van der Waals surface area contributed by atoms with E-state index in [0.717, 1.165) is 15.7 Å². The van der Waals surface area contributed by atoms with E-state index in [1.54, 1.807) is 25.7 Å². The molecule has 108 valence electrons. The van der Waals surface area contributed by atoms with E-state index in [0.29, 0.717) is 19.4 Å². The van der Waals surface area contributed by atoms with Gasteiger partial charge in [0.25, 0.3) is 0 Å². The molecule has 0 spiro atoms. The Morgan fingerprint density at radius 1 is 1.40 bits per heavy atom. The van der Waals surface area contributed by atoms with Crippen LogP contribution in [-0.4, -0.2) is 24.0 Å².